The van der Waals surface area contributed by atoms with Gasteiger partial charge in [-0.2, -0.15) is 0 Å². The molecular formula is C20H29F6NO4P2Ru+. The zero-order valence-electron chi connectivity index (χ0n) is 19.1. The summed E-state index contributed by atoms with van der Waals surface area (Å²) in [7, 11) is -12.3. The Morgan fingerprint density at radius 3 is 1.53 bits per heavy atom. The molecule has 11 radical (unpaired) electrons. The second-order valence-electron chi connectivity index (χ2n) is 6.62. The Labute approximate surface area is 212 Å². The number of hydrogen-bond donors (Lipinski definition) is 0. The van der Waals surface area contributed by atoms with Gasteiger partial charge in [-0.25, -0.2) is 0 Å². The molecule has 0 aromatic heterocycles. The van der Waals surface area contributed by atoms with Crippen LogP contribution in [0.25, 0.3) is 0 Å². The zero-order valence-corrected chi connectivity index (χ0v) is 22.6. The molecule has 2 fully saturated rings. The third-order valence-corrected chi connectivity index (χ3v) is 5.75. The zero-order chi connectivity index (χ0) is 25.8. The number of carbonyl (C=O) groups is 1. The predicted octanol–water partition coefficient (Wildman–Crippen LogP) is 7.11. The summed E-state index contributed by atoms with van der Waals surface area (Å²) < 4.78 is 81.9. The van der Waals surface area contributed by atoms with E-state index in [4.69, 9.17) is 9.05 Å². The third kappa shape index (κ3) is 21.5. The first-order chi connectivity index (χ1) is 14.9. The summed E-state index contributed by atoms with van der Waals surface area (Å²) in [5, 5.41) is 0. The van der Waals surface area contributed by atoms with E-state index in [9.17, 15) is 34.5 Å². The van der Waals surface area contributed by atoms with Crippen molar-refractivity contribution in [1.82, 2.24) is 4.90 Å². The van der Waals surface area contributed by atoms with Crippen molar-refractivity contribution >= 4 is 21.3 Å². The second-order valence-corrected chi connectivity index (χ2v) is 10.6. The largest absolute Gasteiger partial charge is 2.00 e. The van der Waals surface area contributed by atoms with Crippen LogP contribution in [-0.2, 0) is 37.9 Å². The van der Waals surface area contributed by atoms with E-state index in [0.717, 1.165) is 5.92 Å². The van der Waals surface area contributed by atoms with E-state index in [1.54, 1.807) is 25.8 Å². The predicted molar refractivity (Wildman–Crippen MR) is 118 cm³/mol. The molecule has 0 aromatic rings. The van der Waals surface area contributed by atoms with Crippen LogP contribution in [0.2, 0.25) is 0 Å². The molecule has 0 heterocycles. The summed E-state index contributed by atoms with van der Waals surface area (Å²) in [5.41, 5.74) is 0. The van der Waals surface area contributed by atoms with Gasteiger partial charge in [-0.1, -0.05) is 0 Å². The summed E-state index contributed by atoms with van der Waals surface area (Å²) in [5.74, 6) is 0.771. The first kappa shape index (κ1) is 36.4. The molecule has 0 unspecified atom stereocenters. The van der Waals surface area contributed by atoms with Crippen LogP contribution in [0, 0.1) is 70.1 Å². The fourth-order valence-electron chi connectivity index (χ4n) is 2.29. The molecule has 5 nitrogen and oxygen atoms in total. The van der Waals surface area contributed by atoms with Crippen molar-refractivity contribution < 1.29 is 63.1 Å². The molecule has 0 bridgehead atoms. The van der Waals surface area contributed by atoms with Gasteiger partial charge in [-0.15, -0.1) is 0 Å². The Morgan fingerprint density at radius 2 is 1.21 bits per heavy atom. The van der Waals surface area contributed by atoms with Crippen LogP contribution in [0.15, 0.2) is 0 Å². The van der Waals surface area contributed by atoms with E-state index in [1.165, 1.54) is 0 Å². The summed E-state index contributed by atoms with van der Waals surface area (Å²) in [6, 6.07) is -0.101. The summed E-state index contributed by atoms with van der Waals surface area (Å²) >= 11 is 0. The van der Waals surface area contributed by atoms with Crippen molar-refractivity contribution in [1.29, 1.82) is 0 Å². The minimum absolute atomic E-state index is 0. The van der Waals surface area contributed by atoms with Gasteiger partial charge in [0.2, 0.25) is 5.91 Å². The molecule has 0 aliphatic heterocycles. The molecule has 14 heteroatoms. The van der Waals surface area contributed by atoms with E-state index in [2.05, 4.69) is 0 Å². The van der Waals surface area contributed by atoms with E-state index in [1.807, 2.05) is 71.1 Å². The number of carbonyl (C=O) groups excluding carboxylic acids is 1. The van der Waals surface area contributed by atoms with Crippen molar-refractivity contribution in [3.05, 3.63) is 70.1 Å². The van der Waals surface area contributed by atoms with Crippen molar-refractivity contribution in [3.63, 3.8) is 0 Å². The minimum Gasteiger partial charge on any atom is -0.0312 e. The Bertz CT molecular complexity index is 601. The van der Waals surface area contributed by atoms with Gasteiger partial charge >= 0.3 is 60.1 Å². The normalized spacial score (nSPS) is 19.7. The SMILES string of the molecule is CCOP(=O)(CC(=O)N(C)[C@@H](C)[C]1[CH][CH][CH][CH][CH]1)OCC.F[P-](F)(F)(F)(F)F.[CH]1[CH][CH][CH][CH]1.[Ru+2]. The fraction of sp³-hybridized carbons (Fsp3) is 0.400. The van der Waals surface area contributed by atoms with Gasteiger partial charge in [0, 0.05) is 19.0 Å². The maximum absolute atomic E-state index is 12.4. The fourth-order valence-corrected chi connectivity index (χ4v) is 3.89. The quantitative estimate of drug-likeness (QED) is 0.164. The topological polar surface area (TPSA) is 55.8 Å². The monoisotopic (exact) mass is 625 g/mol. The standard InChI is InChI=1S/C15H24NO4P.C5H5.F6P.Ru/c1-5-19-21(18,20-6-2)12-15(17)16(4)13(3)14-10-8-7-9-11-14;1-2-4-5-3-1;1-7(2,3,4,5)6;/h7-11,13H,5-6,12H2,1-4H3;1-5H;;/q;;-1;+2/t13-;;;/m0.../s1. The Hall–Kier alpha value is 0.253. The molecule has 2 saturated carbocycles. The number of nitrogens with zero attached hydrogens (tertiary/aromatic N) is 1. The van der Waals surface area contributed by atoms with Crippen LogP contribution in [0.4, 0.5) is 25.2 Å². The minimum atomic E-state index is -10.7. The summed E-state index contributed by atoms with van der Waals surface area (Å²) in [6.45, 7) is 5.89. The molecule has 197 valence electrons. The summed E-state index contributed by atoms with van der Waals surface area (Å²) in [6.07, 6.45) is 19.5. The van der Waals surface area contributed by atoms with Crippen LogP contribution >= 0.6 is 15.4 Å². The second kappa shape index (κ2) is 14.9. The molecule has 1 atom stereocenters. The average Bonchev–Trinajstić information content (AvgIpc) is 3.25. The first-order valence-electron chi connectivity index (χ1n) is 9.80. The molecule has 0 aromatic carbocycles. The molecule has 34 heavy (non-hydrogen) atoms. The maximum Gasteiger partial charge on any atom is 2.00 e. The van der Waals surface area contributed by atoms with Crippen LogP contribution in [-0.4, -0.2) is 43.3 Å². The molecule has 0 saturated heterocycles. The van der Waals surface area contributed by atoms with Gasteiger partial charge in [-0.05, 0) is 85.0 Å². The third-order valence-electron chi connectivity index (χ3n) is 3.79. The molecule has 0 spiro atoms. The molecule has 2 aliphatic carbocycles. The molecule has 1 amide bonds. The van der Waals surface area contributed by atoms with E-state index in [0.29, 0.717) is 0 Å². The van der Waals surface area contributed by atoms with Gasteiger partial charge < -0.3 is 13.9 Å². The Morgan fingerprint density at radius 1 is 0.882 bits per heavy atom. The first-order valence-corrected chi connectivity index (χ1v) is 13.6. The maximum atomic E-state index is 12.4. The number of halogens is 6. The van der Waals surface area contributed by atoms with Gasteiger partial charge in [0.25, 0.3) is 0 Å². The van der Waals surface area contributed by atoms with Gasteiger partial charge in [0.05, 0.1) is 13.2 Å². The van der Waals surface area contributed by atoms with E-state index < -0.39 is 15.4 Å². The van der Waals surface area contributed by atoms with Crippen LogP contribution in [0.1, 0.15) is 20.8 Å². The van der Waals surface area contributed by atoms with Crippen molar-refractivity contribution in [3.8, 4) is 0 Å². The van der Waals surface area contributed by atoms with Crippen LogP contribution in [0.5, 0.6) is 0 Å². The summed E-state index contributed by atoms with van der Waals surface area (Å²) in [4.78, 5) is 13.9. The molecule has 0 N–H and O–H groups in total. The van der Waals surface area contributed by atoms with Crippen molar-refractivity contribution in [2.45, 2.75) is 26.8 Å². The Balaban J connectivity index is 0. The van der Waals surface area contributed by atoms with Gasteiger partial charge in [0.1, 0.15) is 6.16 Å². The van der Waals surface area contributed by atoms with E-state index >= 15 is 0 Å². The number of hydrogen-bond acceptors (Lipinski definition) is 4. The molecule has 2 rings (SSSR count). The van der Waals surface area contributed by atoms with Crippen LogP contribution in [0.3, 0.4) is 0 Å². The van der Waals surface area contributed by atoms with Crippen molar-refractivity contribution in [2.24, 2.45) is 0 Å². The Kier molecular flexibility index (Phi) is 15.9. The molecular weight excluding hydrogens is 595 g/mol. The number of rotatable bonds is 8. The van der Waals surface area contributed by atoms with Crippen LogP contribution < -0.4 is 0 Å². The van der Waals surface area contributed by atoms with Gasteiger partial charge in [-0.3, -0.25) is 9.36 Å². The van der Waals surface area contributed by atoms with E-state index in [-0.39, 0.29) is 50.8 Å². The molecule has 2 aliphatic rings. The number of amides is 1. The van der Waals surface area contributed by atoms with Crippen molar-refractivity contribution in [2.75, 3.05) is 26.4 Å². The van der Waals surface area contributed by atoms with Gasteiger partial charge in [0.15, 0.2) is 0 Å². The smallest absolute Gasteiger partial charge is 0.0312 e. The average molecular weight is 624 g/mol.